The number of benzene rings is 2. The minimum atomic E-state index is -3.52. The lowest BCUT2D eigenvalue weighted by molar-refractivity contribution is -0.140. The minimum Gasteiger partial charge on any atom is -0.497 e. The molecule has 9 heteroatoms. The van der Waals surface area contributed by atoms with Crippen molar-refractivity contribution in [1.29, 1.82) is 0 Å². The maximum atomic E-state index is 13.4. The molecule has 2 rings (SSSR count). The fraction of sp³-hybridized carbons (Fsp3) is 0.500. The van der Waals surface area contributed by atoms with E-state index in [-0.39, 0.29) is 31.3 Å². The van der Waals surface area contributed by atoms with Crippen LogP contribution in [0.15, 0.2) is 48.5 Å². The first-order valence-electron chi connectivity index (χ1n) is 12.9. The molecule has 0 spiro atoms. The van der Waals surface area contributed by atoms with Gasteiger partial charge in [-0.15, -0.1) is 0 Å². The van der Waals surface area contributed by atoms with Gasteiger partial charge < -0.3 is 15.0 Å². The summed E-state index contributed by atoms with van der Waals surface area (Å²) < 4.78 is 31.5. The standard InChI is InChI=1S/C28H41N3O5S/c1-6-8-19-29-28(33)22(3)30(21-24-13-17-26(36-4)18-14-24)27(32)10-9-20-31(37(5,34)35)25-15-11-23(7-2)12-16-25/h11-18,22H,6-10,19-21H2,1-5H3,(H,29,33)/t22-/m0/s1. The zero-order chi connectivity index (χ0) is 27.4. The summed E-state index contributed by atoms with van der Waals surface area (Å²) in [6.07, 6.45) is 4.29. The molecule has 0 aliphatic heterocycles. The average Bonchev–Trinajstić information content (AvgIpc) is 2.89. The largest absolute Gasteiger partial charge is 0.497 e. The minimum absolute atomic E-state index is 0.113. The molecule has 37 heavy (non-hydrogen) atoms. The fourth-order valence-electron chi connectivity index (χ4n) is 3.95. The maximum absolute atomic E-state index is 13.4. The molecular formula is C28H41N3O5S. The molecule has 0 radical (unpaired) electrons. The highest BCUT2D eigenvalue weighted by atomic mass is 32.2. The van der Waals surface area contributed by atoms with Crippen molar-refractivity contribution in [3.63, 3.8) is 0 Å². The van der Waals surface area contributed by atoms with E-state index in [9.17, 15) is 18.0 Å². The molecule has 0 saturated heterocycles. The molecule has 0 unspecified atom stereocenters. The Kier molecular flexibility index (Phi) is 11.9. The molecule has 0 aliphatic rings. The number of anilines is 1. The highest BCUT2D eigenvalue weighted by Crippen LogP contribution is 2.20. The molecule has 204 valence electrons. The van der Waals surface area contributed by atoms with Gasteiger partial charge in [-0.25, -0.2) is 8.42 Å². The van der Waals surface area contributed by atoms with Gasteiger partial charge in [0.1, 0.15) is 11.8 Å². The third kappa shape index (κ3) is 9.39. The van der Waals surface area contributed by atoms with Gasteiger partial charge in [0.05, 0.1) is 19.1 Å². The number of carbonyl (C=O) groups excluding carboxylic acids is 2. The topological polar surface area (TPSA) is 96.0 Å². The van der Waals surface area contributed by atoms with E-state index >= 15 is 0 Å². The molecule has 0 saturated carbocycles. The summed E-state index contributed by atoms with van der Waals surface area (Å²) in [6, 6.07) is 14.1. The number of nitrogens with zero attached hydrogens (tertiary/aromatic N) is 2. The van der Waals surface area contributed by atoms with Gasteiger partial charge in [-0.3, -0.25) is 13.9 Å². The molecule has 2 amide bonds. The van der Waals surface area contributed by atoms with Gasteiger partial charge in [0.15, 0.2) is 0 Å². The van der Waals surface area contributed by atoms with Gasteiger partial charge in [-0.2, -0.15) is 0 Å². The second-order valence-corrected chi connectivity index (χ2v) is 11.1. The first-order chi connectivity index (χ1) is 17.6. The summed E-state index contributed by atoms with van der Waals surface area (Å²) in [7, 11) is -1.93. The monoisotopic (exact) mass is 531 g/mol. The number of rotatable bonds is 15. The molecule has 0 aromatic heterocycles. The quantitative estimate of drug-likeness (QED) is 0.349. The van der Waals surface area contributed by atoms with Gasteiger partial charge in [0.25, 0.3) is 0 Å². The molecule has 1 N–H and O–H groups in total. The number of sulfonamides is 1. The van der Waals surface area contributed by atoms with Crippen LogP contribution < -0.4 is 14.4 Å². The molecule has 2 aromatic rings. The van der Waals surface area contributed by atoms with Crippen LogP contribution in [0.1, 0.15) is 57.6 Å². The first-order valence-corrected chi connectivity index (χ1v) is 14.7. The zero-order valence-corrected chi connectivity index (χ0v) is 23.5. The first kappa shape index (κ1) is 30.2. The summed E-state index contributed by atoms with van der Waals surface area (Å²) in [6.45, 7) is 6.80. The van der Waals surface area contributed by atoms with Crippen molar-refractivity contribution < 1.29 is 22.7 Å². The Balaban J connectivity index is 2.14. The van der Waals surface area contributed by atoms with Crippen LogP contribution in [0.4, 0.5) is 5.69 Å². The molecule has 0 bridgehead atoms. The number of nitrogens with one attached hydrogen (secondary N) is 1. The van der Waals surface area contributed by atoms with Crippen molar-refractivity contribution in [2.45, 2.75) is 65.5 Å². The molecule has 2 aromatic carbocycles. The Bertz CT molecular complexity index is 1100. The van der Waals surface area contributed by atoms with Crippen LogP contribution in [0.3, 0.4) is 0 Å². The van der Waals surface area contributed by atoms with Gasteiger partial charge in [-0.1, -0.05) is 44.5 Å². The van der Waals surface area contributed by atoms with Crippen molar-refractivity contribution in [2.24, 2.45) is 0 Å². The number of aryl methyl sites for hydroxylation is 1. The van der Waals surface area contributed by atoms with Crippen molar-refractivity contribution in [3.8, 4) is 5.75 Å². The highest BCUT2D eigenvalue weighted by Gasteiger charge is 2.26. The number of amides is 2. The number of ether oxygens (including phenoxy) is 1. The maximum Gasteiger partial charge on any atom is 0.242 e. The van der Waals surface area contributed by atoms with Crippen LogP contribution in [0.2, 0.25) is 0 Å². The molecule has 0 heterocycles. The van der Waals surface area contributed by atoms with E-state index < -0.39 is 16.1 Å². The van der Waals surface area contributed by atoms with Crippen molar-refractivity contribution in [3.05, 3.63) is 59.7 Å². The van der Waals surface area contributed by atoms with Crippen LogP contribution in [0.25, 0.3) is 0 Å². The van der Waals surface area contributed by atoms with Crippen LogP contribution >= 0.6 is 0 Å². The lowest BCUT2D eigenvalue weighted by Crippen LogP contribution is -2.47. The van der Waals surface area contributed by atoms with Gasteiger partial charge in [0, 0.05) is 26.1 Å². The van der Waals surface area contributed by atoms with Crippen LogP contribution in [0, 0.1) is 0 Å². The normalized spacial score (nSPS) is 12.0. The van der Waals surface area contributed by atoms with E-state index in [1.54, 1.807) is 31.1 Å². The number of hydrogen-bond donors (Lipinski definition) is 1. The number of carbonyl (C=O) groups is 2. The Hall–Kier alpha value is -3.07. The third-order valence-corrected chi connectivity index (χ3v) is 7.49. The summed E-state index contributed by atoms with van der Waals surface area (Å²) in [4.78, 5) is 27.7. The molecule has 1 atom stereocenters. The molecule has 0 fully saturated rings. The van der Waals surface area contributed by atoms with Gasteiger partial charge in [0.2, 0.25) is 21.8 Å². The van der Waals surface area contributed by atoms with Gasteiger partial charge in [-0.05, 0) is 61.6 Å². The van der Waals surface area contributed by atoms with E-state index in [1.807, 2.05) is 50.2 Å². The predicted molar refractivity (Wildman–Crippen MR) is 148 cm³/mol. The van der Waals surface area contributed by atoms with E-state index in [2.05, 4.69) is 5.32 Å². The van der Waals surface area contributed by atoms with Crippen LogP contribution in [0.5, 0.6) is 5.75 Å². The number of methoxy groups -OCH3 is 1. The summed E-state index contributed by atoms with van der Waals surface area (Å²) in [5, 5.41) is 2.91. The third-order valence-electron chi connectivity index (χ3n) is 6.29. The fourth-order valence-corrected chi connectivity index (χ4v) is 4.91. The van der Waals surface area contributed by atoms with E-state index in [0.29, 0.717) is 24.4 Å². The molecule has 8 nitrogen and oxygen atoms in total. The number of hydrogen-bond acceptors (Lipinski definition) is 5. The number of unbranched alkanes of at least 4 members (excludes halogenated alkanes) is 1. The smallest absolute Gasteiger partial charge is 0.242 e. The summed E-state index contributed by atoms with van der Waals surface area (Å²) >= 11 is 0. The Morgan fingerprint density at radius 3 is 2.14 bits per heavy atom. The van der Waals surface area contributed by atoms with E-state index in [0.717, 1.165) is 30.4 Å². The van der Waals surface area contributed by atoms with E-state index in [4.69, 9.17) is 4.74 Å². The Labute approximate surface area is 222 Å². The molecular weight excluding hydrogens is 490 g/mol. The van der Waals surface area contributed by atoms with Gasteiger partial charge >= 0.3 is 0 Å². The van der Waals surface area contributed by atoms with Crippen molar-refractivity contribution in [1.82, 2.24) is 10.2 Å². The SMILES string of the molecule is CCCCNC(=O)[C@H](C)N(Cc1ccc(OC)cc1)C(=O)CCCN(c1ccc(CC)cc1)S(C)(=O)=O. The lowest BCUT2D eigenvalue weighted by Gasteiger charge is -2.29. The Morgan fingerprint density at radius 1 is 0.973 bits per heavy atom. The summed E-state index contributed by atoms with van der Waals surface area (Å²) in [5.41, 5.74) is 2.56. The van der Waals surface area contributed by atoms with Crippen molar-refractivity contribution >= 4 is 27.5 Å². The van der Waals surface area contributed by atoms with E-state index in [1.165, 1.54) is 10.6 Å². The second-order valence-electron chi connectivity index (χ2n) is 9.15. The van der Waals surface area contributed by atoms with Crippen molar-refractivity contribution in [2.75, 3.05) is 30.8 Å². The van der Waals surface area contributed by atoms with Crippen LogP contribution in [-0.2, 0) is 32.6 Å². The highest BCUT2D eigenvalue weighted by molar-refractivity contribution is 7.92. The van der Waals surface area contributed by atoms with Crippen LogP contribution in [-0.4, -0.2) is 57.6 Å². The predicted octanol–water partition coefficient (Wildman–Crippen LogP) is 4.14. The average molecular weight is 532 g/mol. The molecule has 0 aliphatic carbocycles. The zero-order valence-electron chi connectivity index (χ0n) is 22.7. The Morgan fingerprint density at radius 2 is 1.59 bits per heavy atom. The second kappa shape index (κ2) is 14.6. The summed E-state index contributed by atoms with van der Waals surface area (Å²) in [5.74, 6) is 0.299. The lowest BCUT2D eigenvalue weighted by atomic mass is 10.1.